The Hall–Kier alpha value is 0. The molecule has 0 radical (unpaired) electrons. The molecule has 2 atom stereocenters. The second-order valence-electron chi connectivity index (χ2n) is 11.6. The van der Waals surface area contributed by atoms with Crippen LogP contribution in [0.1, 0.15) is 149 Å². The van der Waals surface area contributed by atoms with Gasteiger partial charge in [-0.25, -0.2) is 0 Å². The smallest absolute Gasteiger partial charge is 0.0383 e. The lowest BCUT2D eigenvalue weighted by molar-refractivity contribution is 0.0981. The highest BCUT2D eigenvalue weighted by Gasteiger charge is 2.34. The van der Waals surface area contributed by atoms with Gasteiger partial charge in [0.05, 0.1) is 0 Å². The summed E-state index contributed by atoms with van der Waals surface area (Å²) in [5.41, 5.74) is 0. The van der Waals surface area contributed by atoms with Crippen molar-refractivity contribution in [2.45, 2.75) is 149 Å². The van der Waals surface area contributed by atoms with E-state index in [2.05, 4.69) is 13.8 Å². The van der Waals surface area contributed by atoms with Crippen LogP contribution >= 0.6 is 0 Å². The Bertz CT molecular complexity index is 396. The average molecular weight is 403 g/mol. The van der Waals surface area contributed by atoms with Crippen LogP contribution in [0.4, 0.5) is 0 Å². The average Bonchev–Trinajstić information content (AvgIpc) is 2.78. The Morgan fingerprint density at radius 2 is 1.00 bits per heavy atom. The van der Waals surface area contributed by atoms with Crippen LogP contribution in [0.5, 0.6) is 0 Å². The first-order valence-corrected chi connectivity index (χ1v) is 14.3. The van der Waals surface area contributed by atoms with Crippen LogP contribution in [0.3, 0.4) is 0 Å². The van der Waals surface area contributed by atoms with Gasteiger partial charge in [-0.2, -0.15) is 0 Å². The predicted octanol–water partition coefficient (Wildman–Crippen LogP) is 9.96. The first-order valence-electron chi connectivity index (χ1n) is 14.3. The van der Waals surface area contributed by atoms with Crippen LogP contribution in [-0.2, 0) is 0 Å². The summed E-state index contributed by atoms with van der Waals surface area (Å²) < 4.78 is 0. The van der Waals surface area contributed by atoms with E-state index in [1.807, 2.05) is 0 Å². The molecule has 0 aliphatic heterocycles. The van der Waals surface area contributed by atoms with Crippen LogP contribution in [-0.4, -0.2) is 0 Å². The van der Waals surface area contributed by atoms with E-state index in [1.54, 1.807) is 83.5 Å². The topological polar surface area (TPSA) is 0 Å². The van der Waals surface area contributed by atoms with Crippen molar-refractivity contribution in [1.82, 2.24) is 0 Å². The molecular weight excluding hydrogens is 348 g/mol. The highest BCUT2D eigenvalue weighted by atomic mass is 14.4. The van der Waals surface area contributed by atoms with Crippen molar-refractivity contribution in [3.05, 3.63) is 0 Å². The van der Waals surface area contributed by atoms with Gasteiger partial charge in [0.15, 0.2) is 0 Å². The molecule has 0 amide bonds. The van der Waals surface area contributed by atoms with Crippen molar-refractivity contribution < 1.29 is 0 Å². The van der Waals surface area contributed by atoms with E-state index in [4.69, 9.17) is 0 Å². The molecule has 3 rings (SSSR count). The SMILES string of the molecule is CCCCCCCC1CCCC(C2CCC(C3CCC(CCCC)CC3)CC2)C1. The molecule has 3 aliphatic rings. The third kappa shape index (κ3) is 7.88. The molecule has 0 heterocycles. The molecule has 0 aromatic heterocycles. The largest absolute Gasteiger partial charge is 0.0654 e. The van der Waals surface area contributed by atoms with E-state index in [9.17, 15) is 0 Å². The van der Waals surface area contributed by atoms with Crippen LogP contribution in [0.25, 0.3) is 0 Å². The molecule has 3 fully saturated rings. The van der Waals surface area contributed by atoms with Gasteiger partial charge < -0.3 is 0 Å². The lowest BCUT2D eigenvalue weighted by Gasteiger charge is -2.41. The van der Waals surface area contributed by atoms with Gasteiger partial charge in [0.2, 0.25) is 0 Å². The van der Waals surface area contributed by atoms with Crippen molar-refractivity contribution in [2.24, 2.45) is 35.5 Å². The van der Waals surface area contributed by atoms with Crippen LogP contribution in [0.2, 0.25) is 0 Å². The molecule has 0 aromatic rings. The summed E-state index contributed by atoms with van der Waals surface area (Å²) in [5, 5.41) is 0. The Morgan fingerprint density at radius 3 is 1.66 bits per heavy atom. The highest BCUT2D eigenvalue weighted by Crippen LogP contribution is 2.47. The standard InChI is InChI=1S/C29H54/c1-3-5-7-8-9-12-25-13-10-14-29(23-25)28-21-19-27(20-22-28)26-17-15-24(16-18-26)11-6-4-2/h24-29H,3-23H2,1-2H3. The molecule has 0 bridgehead atoms. The number of unbranched alkanes of at least 4 members (excludes halogenated alkanes) is 5. The number of hydrogen-bond donors (Lipinski definition) is 0. The maximum atomic E-state index is 2.35. The lowest BCUT2D eigenvalue weighted by Crippen LogP contribution is -2.30. The molecule has 29 heavy (non-hydrogen) atoms. The fourth-order valence-corrected chi connectivity index (χ4v) is 7.59. The van der Waals surface area contributed by atoms with Gasteiger partial charge >= 0.3 is 0 Å². The lowest BCUT2D eigenvalue weighted by atomic mass is 9.64. The highest BCUT2D eigenvalue weighted by molar-refractivity contribution is 4.86. The fourth-order valence-electron chi connectivity index (χ4n) is 7.59. The van der Waals surface area contributed by atoms with Crippen molar-refractivity contribution >= 4 is 0 Å². The minimum Gasteiger partial charge on any atom is -0.0654 e. The second kappa shape index (κ2) is 13.4. The summed E-state index contributed by atoms with van der Waals surface area (Å²) in [6, 6.07) is 0. The minimum atomic E-state index is 1.09. The van der Waals surface area contributed by atoms with Crippen molar-refractivity contribution in [1.29, 1.82) is 0 Å². The predicted molar refractivity (Wildman–Crippen MR) is 129 cm³/mol. The first-order chi connectivity index (χ1) is 14.3. The van der Waals surface area contributed by atoms with E-state index < -0.39 is 0 Å². The zero-order chi connectivity index (χ0) is 20.3. The zero-order valence-corrected chi connectivity index (χ0v) is 20.3. The van der Waals surface area contributed by atoms with Gasteiger partial charge in [-0.15, -0.1) is 0 Å². The monoisotopic (exact) mass is 402 g/mol. The van der Waals surface area contributed by atoms with E-state index in [1.165, 1.54) is 51.4 Å². The fraction of sp³-hybridized carbons (Fsp3) is 1.00. The third-order valence-corrected chi connectivity index (χ3v) is 9.55. The molecule has 0 saturated heterocycles. The Kier molecular flexibility index (Phi) is 10.9. The molecular formula is C29H54. The summed E-state index contributed by atoms with van der Waals surface area (Å²) in [5.74, 6) is 6.60. The molecule has 3 aliphatic carbocycles. The van der Waals surface area contributed by atoms with Gasteiger partial charge in [0, 0.05) is 0 Å². The molecule has 0 aromatic carbocycles. The molecule has 2 unspecified atom stereocenters. The third-order valence-electron chi connectivity index (χ3n) is 9.55. The van der Waals surface area contributed by atoms with Gasteiger partial charge in [-0.05, 0) is 80.5 Å². The van der Waals surface area contributed by atoms with Crippen molar-refractivity contribution in [2.75, 3.05) is 0 Å². The number of hydrogen-bond acceptors (Lipinski definition) is 0. The van der Waals surface area contributed by atoms with Crippen molar-refractivity contribution in [3.63, 3.8) is 0 Å². The van der Waals surface area contributed by atoms with Gasteiger partial charge in [-0.3, -0.25) is 0 Å². The number of rotatable bonds is 11. The van der Waals surface area contributed by atoms with E-state index in [0.717, 1.165) is 35.5 Å². The minimum absolute atomic E-state index is 1.09. The maximum absolute atomic E-state index is 2.35. The normalized spacial score (nSPS) is 36.2. The summed E-state index contributed by atoms with van der Waals surface area (Å²) in [6.07, 6.45) is 32.2. The molecule has 0 heteroatoms. The maximum Gasteiger partial charge on any atom is -0.0383 e. The van der Waals surface area contributed by atoms with E-state index >= 15 is 0 Å². The molecule has 0 spiro atoms. The van der Waals surface area contributed by atoms with Crippen LogP contribution in [0, 0.1) is 35.5 Å². The Morgan fingerprint density at radius 1 is 0.448 bits per heavy atom. The van der Waals surface area contributed by atoms with Crippen molar-refractivity contribution in [3.8, 4) is 0 Å². The molecule has 0 nitrogen and oxygen atoms in total. The van der Waals surface area contributed by atoms with Gasteiger partial charge in [0.1, 0.15) is 0 Å². The van der Waals surface area contributed by atoms with Crippen LogP contribution < -0.4 is 0 Å². The van der Waals surface area contributed by atoms with Gasteiger partial charge in [0.25, 0.3) is 0 Å². The molecule has 0 N–H and O–H groups in total. The summed E-state index contributed by atoms with van der Waals surface area (Å²) in [7, 11) is 0. The van der Waals surface area contributed by atoms with Crippen LogP contribution in [0.15, 0.2) is 0 Å². The quantitative estimate of drug-likeness (QED) is 0.301. The first kappa shape index (κ1) is 23.7. The summed E-state index contributed by atoms with van der Waals surface area (Å²) in [6.45, 7) is 4.69. The second-order valence-corrected chi connectivity index (χ2v) is 11.6. The van der Waals surface area contributed by atoms with E-state index in [0.29, 0.717) is 0 Å². The molecule has 3 saturated carbocycles. The zero-order valence-electron chi connectivity index (χ0n) is 20.3. The Labute approximate surface area is 184 Å². The summed E-state index contributed by atoms with van der Waals surface area (Å²) >= 11 is 0. The van der Waals surface area contributed by atoms with E-state index in [-0.39, 0.29) is 0 Å². The molecule has 170 valence electrons. The summed E-state index contributed by atoms with van der Waals surface area (Å²) in [4.78, 5) is 0. The Balaban J connectivity index is 1.32. The van der Waals surface area contributed by atoms with Gasteiger partial charge in [-0.1, -0.05) is 104 Å².